The molecule has 0 aliphatic carbocycles. The number of halogens is 4. The standard InChI is InChI=1S/C9H7Cl4NO/c1-5-2-3-6(10)4-7(5)14-8(15)9(11,12)13/h2-4H,1H3,(H,14,15). The number of nitrogens with one attached hydrogen (secondary N) is 1. The number of carbonyl (C=O) groups excluding carboxylic acids is 1. The van der Waals surface area contributed by atoms with E-state index in [2.05, 4.69) is 5.32 Å². The highest BCUT2D eigenvalue weighted by Crippen LogP contribution is 2.29. The van der Waals surface area contributed by atoms with Gasteiger partial charge in [-0.25, -0.2) is 0 Å². The molecule has 0 unspecified atom stereocenters. The second kappa shape index (κ2) is 4.79. The summed E-state index contributed by atoms with van der Waals surface area (Å²) in [6.45, 7) is 1.81. The van der Waals surface area contributed by atoms with E-state index in [4.69, 9.17) is 46.4 Å². The molecule has 2 nitrogen and oxygen atoms in total. The van der Waals surface area contributed by atoms with Gasteiger partial charge in [0.15, 0.2) is 0 Å². The molecule has 1 aromatic carbocycles. The normalized spacial score (nSPS) is 11.3. The number of carbonyl (C=O) groups is 1. The molecule has 0 saturated carbocycles. The van der Waals surface area contributed by atoms with E-state index in [9.17, 15) is 4.79 Å². The van der Waals surface area contributed by atoms with Crippen LogP contribution in [0.3, 0.4) is 0 Å². The molecule has 0 aliphatic heterocycles. The van der Waals surface area contributed by atoms with Crippen molar-refractivity contribution in [3.8, 4) is 0 Å². The lowest BCUT2D eigenvalue weighted by atomic mass is 10.2. The molecule has 82 valence electrons. The topological polar surface area (TPSA) is 29.1 Å². The molecule has 1 amide bonds. The first kappa shape index (κ1) is 12.9. The van der Waals surface area contributed by atoms with E-state index < -0.39 is 9.70 Å². The van der Waals surface area contributed by atoms with Crippen LogP contribution in [0, 0.1) is 6.92 Å². The number of aryl methyl sites for hydroxylation is 1. The molecule has 0 aromatic heterocycles. The minimum atomic E-state index is -1.98. The predicted molar refractivity (Wildman–Crippen MR) is 65.1 cm³/mol. The van der Waals surface area contributed by atoms with E-state index >= 15 is 0 Å². The highest BCUT2D eigenvalue weighted by Gasteiger charge is 2.30. The molecule has 0 saturated heterocycles. The maximum Gasteiger partial charge on any atom is 0.276 e. The van der Waals surface area contributed by atoms with Crippen LogP contribution in [0.25, 0.3) is 0 Å². The molecule has 0 spiro atoms. The molecule has 0 radical (unpaired) electrons. The number of hydrogen-bond donors (Lipinski definition) is 1. The molecule has 1 N–H and O–H groups in total. The third kappa shape index (κ3) is 3.72. The Morgan fingerprint density at radius 2 is 1.93 bits per heavy atom. The van der Waals surface area contributed by atoms with Gasteiger partial charge in [0.2, 0.25) is 0 Å². The molecule has 1 rings (SSSR count). The Bertz CT molecular complexity index is 386. The minimum Gasteiger partial charge on any atom is -0.322 e. The highest BCUT2D eigenvalue weighted by atomic mass is 35.6. The molecule has 15 heavy (non-hydrogen) atoms. The summed E-state index contributed by atoms with van der Waals surface area (Å²) in [4.78, 5) is 11.3. The molecule has 0 heterocycles. The molecule has 6 heteroatoms. The lowest BCUT2D eigenvalue weighted by molar-refractivity contribution is -0.115. The number of anilines is 1. The largest absolute Gasteiger partial charge is 0.322 e. The highest BCUT2D eigenvalue weighted by molar-refractivity contribution is 6.76. The summed E-state index contributed by atoms with van der Waals surface area (Å²) in [7, 11) is 0. The smallest absolute Gasteiger partial charge is 0.276 e. The number of hydrogen-bond acceptors (Lipinski definition) is 1. The summed E-state index contributed by atoms with van der Waals surface area (Å²) in [5.41, 5.74) is 1.36. The minimum absolute atomic E-state index is 0.500. The van der Waals surface area contributed by atoms with Gasteiger partial charge >= 0.3 is 0 Å². The van der Waals surface area contributed by atoms with E-state index in [1.165, 1.54) is 0 Å². The molecule has 0 atom stereocenters. The van der Waals surface area contributed by atoms with Crippen molar-refractivity contribution in [3.05, 3.63) is 28.8 Å². The fourth-order valence-electron chi connectivity index (χ4n) is 0.922. The maximum absolute atomic E-state index is 11.3. The molecule has 0 aliphatic rings. The van der Waals surface area contributed by atoms with Crippen LogP contribution in [0.2, 0.25) is 5.02 Å². The van der Waals surface area contributed by atoms with Gasteiger partial charge in [-0.05, 0) is 24.6 Å². The Morgan fingerprint density at radius 1 is 1.33 bits per heavy atom. The number of rotatable bonds is 1. The van der Waals surface area contributed by atoms with Crippen LogP contribution >= 0.6 is 46.4 Å². The summed E-state index contributed by atoms with van der Waals surface area (Å²) in [6.07, 6.45) is 0. The van der Waals surface area contributed by atoms with Crippen molar-refractivity contribution < 1.29 is 4.79 Å². The van der Waals surface area contributed by atoms with Gasteiger partial charge in [0.05, 0.1) is 0 Å². The first-order chi connectivity index (χ1) is 6.80. The second-order valence-electron chi connectivity index (χ2n) is 2.91. The fourth-order valence-corrected chi connectivity index (χ4v) is 1.24. The van der Waals surface area contributed by atoms with Crippen molar-refractivity contribution in [1.82, 2.24) is 0 Å². The van der Waals surface area contributed by atoms with E-state index in [0.717, 1.165) is 5.56 Å². The van der Waals surface area contributed by atoms with E-state index in [1.54, 1.807) is 18.2 Å². The summed E-state index contributed by atoms with van der Waals surface area (Å²) in [6, 6.07) is 5.06. The summed E-state index contributed by atoms with van der Waals surface area (Å²) >= 11 is 22.0. The fraction of sp³-hybridized carbons (Fsp3) is 0.222. The van der Waals surface area contributed by atoms with Gasteiger partial charge in [0, 0.05) is 10.7 Å². The quantitative estimate of drug-likeness (QED) is 0.778. The van der Waals surface area contributed by atoms with Gasteiger partial charge in [-0.3, -0.25) is 4.79 Å². The van der Waals surface area contributed by atoms with Crippen molar-refractivity contribution in [3.63, 3.8) is 0 Å². The van der Waals surface area contributed by atoms with Gasteiger partial charge < -0.3 is 5.32 Å². The molecule has 0 bridgehead atoms. The molecular formula is C9H7Cl4NO. The van der Waals surface area contributed by atoms with Crippen molar-refractivity contribution in [2.24, 2.45) is 0 Å². The third-order valence-corrected chi connectivity index (χ3v) is 2.46. The lowest BCUT2D eigenvalue weighted by Gasteiger charge is -2.13. The van der Waals surface area contributed by atoms with Crippen LogP contribution in [0.1, 0.15) is 5.56 Å². The monoisotopic (exact) mass is 285 g/mol. The van der Waals surface area contributed by atoms with Crippen molar-refractivity contribution in [2.75, 3.05) is 5.32 Å². The zero-order chi connectivity index (χ0) is 11.6. The van der Waals surface area contributed by atoms with Crippen LogP contribution in [-0.2, 0) is 4.79 Å². The third-order valence-electron chi connectivity index (χ3n) is 1.71. The second-order valence-corrected chi connectivity index (χ2v) is 5.63. The first-order valence-corrected chi connectivity index (χ1v) is 5.46. The van der Waals surface area contributed by atoms with Gasteiger partial charge in [0.1, 0.15) is 0 Å². The van der Waals surface area contributed by atoms with Gasteiger partial charge in [-0.1, -0.05) is 52.5 Å². The van der Waals surface area contributed by atoms with Crippen molar-refractivity contribution in [1.29, 1.82) is 0 Å². The lowest BCUT2D eigenvalue weighted by Crippen LogP contribution is -2.27. The van der Waals surface area contributed by atoms with E-state index in [0.29, 0.717) is 10.7 Å². The Kier molecular flexibility index (Phi) is 4.13. The average molecular weight is 287 g/mol. The Labute approximate surface area is 107 Å². The average Bonchev–Trinajstić information content (AvgIpc) is 2.09. The molecule has 0 fully saturated rings. The number of alkyl halides is 3. The van der Waals surface area contributed by atoms with Crippen LogP contribution in [0.4, 0.5) is 5.69 Å². The maximum atomic E-state index is 11.3. The van der Waals surface area contributed by atoms with Crippen LogP contribution in [-0.4, -0.2) is 9.70 Å². The van der Waals surface area contributed by atoms with Crippen molar-refractivity contribution in [2.45, 2.75) is 10.7 Å². The van der Waals surface area contributed by atoms with E-state index in [1.807, 2.05) is 6.92 Å². The van der Waals surface area contributed by atoms with Gasteiger partial charge in [-0.2, -0.15) is 0 Å². The zero-order valence-corrected chi connectivity index (χ0v) is 10.7. The number of amides is 1. The first-order valence-electron chi connectivity index (χ1n) is 3.95. The Hall–Kier alpha value is -0.150. The van der Waals surface area contributed by atoms with E-state index in [-0.39, 0.29) is 0 Å². The van der Waals surface area contributed by atoms with Gasteiger partial charge in [-0.15, -0.1) is 0 Å². The Morgan fingerprint density at radius 3 is 2.47 bits per heavy atom. The van der Waals surface area contributed by atoms with Crippen molar-refractivity contribution >= 4 is 58.0 Å². The zero-order valence-electron chi connectivity index (χ0n) is 7.65. The SMILES string of the molecule is Cc1ccc(Cl)cc1NC(=O)C(Cl)(Cl)Cl. The number of benzene rings is 1. The molecule has 1 aromatic rings. The van der Waals surface area contributed by atoms with Gasteiger partial charge in [0.25, 0.3) is 9.70 Å². The predicted octanol–water partition coefficient (Wildman–Crippen LogP) is 3.96. The van der Waals surface area contributed by atoms with Crippen LogP contribution in [0.15, 0.2) is 18.2 Å². The van der Waals surface area contributed by atoms with Crippen LogP contribution in [0.5, 0.6) is 0 Å². The molecular weight excluding hydrogens is 280 g/mol. The Balaban J connectivity index is 2.90. The summed E-state index contributed by atoms with van der Waals surface area (Å²) in [5.74, 6) is -0.710. The summed E-state index contributed by atoms with van der Waals surface area (Å²) in [5, 5.41) is 2.97. The summed E-state index contributed by atoms with van der Waals surface area (Å²) < 4.78 is -1.98. The van der Waals surface area contributed by atoms with Crippen LogP contribution < -0.4 is 5.32 Å².